The predicted octanol–water partition coefficient (Wildman–Crippen LogP) is 8.08. The Morgan fingerprint density at radius 3 is 1.87 bits per heavy atom. The van der Waals surface area contributed by atoms with E-state index in [9.17, 15) is 16.9 Å². The molecule has 0 atom stereocenters. The summed E-state index contributed by atoms with van der Waals surface area (Å²) in [6.45, 7) is 0. The van der Waals surface area contributed by atoms with Gasteiger partial charge in [-0.1, -0.05) is 48.5 Å². The second-order valence-corrected chi connectivity index (χ2v) is 14.2. The van der Waals surface area contributed by atoms with Crippen molar-refractivity contribution in [2.45, 2.75) is 10.6 Å². The fourth-order valence-corrected chi connectivity index (χ4v) is 4.63. The quantitative estimate of drug-likeness (QED) is 0.101. The molecule has 0 saturated heterocycles. The molecule has 0 spiro atoms. The molecule has 0 aliphatic carbocycles. The molecule has 0 bridgehead atoms. The molecule has 0 amide bonds. The molecule has 0 unspecified atom stereocenters. The number of thiophene rings is 1. The van der Waals surface area contributed by atoms with Crippen LogP contribution in [0, 0.1) is 0 Å². The van der Waals surface area contributed by atoms with Crippen LogP contribution in [-0.2, 0) is 17.5 Å². The molecule has 0 aliphatic heterocycles. The van der Waals surface area contributed by atoms with Gasteiger partial charge in [-0.05, 0) is 47.3 Å². The van der Waals surface area contributed by atoms with Crippen LogP contribution in [0.15, 0.2) is 89.8 Å². The van der Waals surface area contributed by atoms with Crippen molar-refractivity contribution in [2.24, 2.45) is 0 Å². The van der Waals surface area contributed by atoms with E-state index in [2.05, 4.69) is 84.9 Å². The molecule has 0 radical (unpaired) electrons. The van der Waals surface area contributed by atoms with E-state index in [1.165, 1.54) is 42.7 Å². The van der Waals surface area contributed by atoms with Crippen molar-refractivity contribution < 1.29 is 16.9 Å². The van der Waals surface area contributed by atoms with Crippen molar-refractivity contribution in [1.29, 1.82) is 0 Å². The Hall–Kier alpha value is -1.63. The van der Waals surface area contributed by atoms with Gasteiger partial charge in [0.25, 0.3) is 0 Å². The summed E-state index contributed by atoms with van der Waals surface area (Å²) in [7, 11) is 0. The van der Waals surface area contributed by atoms with Gasteiger partial charge in [0.2, 0.25) is 0 Å². The Kier molecular flexibility index (Phi) is 6.25. The fraction of sp³-hybridized carbons (Fsp3) is 0.0476. The third-order valence-corrected chi connectivity index (χ3v) is 6.22. The molecule has 0 saturated carbocycles. The van der Waals surface area contributed by atoms with Crippen LogP contribution in [0.25, 0.3) is 20.5 Å². The zero-order valence-corrected chi connectivity index (χ0v) is 19.6. The smallest absolute Gasteiger partial charge is 0.135 e. The summed E-state index contributed by atoms with van der Waals surface area (Å²) in [5.74, 6) is 1.07. The van der Waals surface area contributed by atoms with Gasteiger partial charge in [-0.25, -0.2) is 0 Å². The van der Waals surface area contributed by atoms with Gasteiger partial charge in [0.15, 0.2) is 4.90 Å². The minimum absolute atomic E-state index is 1.07. The second-order valence-electron chi connectivity index (χ2n) is 6.46. The van der Waals surface area contributed by atoms with Crippen molar-refractivity contribution in [3.05, 3.63) is 90.5 Å². The largest absolute Gasteiger partial charge is 0.152 e. The Morgan fingerprint density at radius 1 is 0.700 bits per heavy atom. The van der Waals surface area contributed by atoms with Gasteiger partial charge < -0.3 is 0 Å². The molecule has 4 rings (SSSR count). The van der Waals surface area contributed by atoms with Gasteiger partial charge in [-0.15, -0.1) is 11.3 Å². The van der Waals surface area contributed by atoms with Gasteiger partial charge in [-0.3, -0.25) is 0 Å². The molecular formula is C21H17F6S2Sb. The third kappa shape index (κ3) is 8.62. The minimum atomic E-state index is -11.2. The first-order valence-electron chi connectivity index (χ1n) is 8.70. The minimum Gasteiger partial charge on any atom is -0.135 e. The zero-order chi connectivity index (χ0) is 21.9. The first-order valence-corrected chi connectivity index (χ1v) is 16.4. The van der Waals surface area contributed by atoms with Gasteiger partial charge in [0.05, 0.1) is 0 Å². The summed E-state index contributed by atoms with van der Waals surface area (Å²) in [5, 5.41) is 1.33. The first-order chi connectivity index (χ1) is 13.8. The molecule has 4 aromatic rings. The van der Waals surface area contributed by atoms with E-state index < -0.39 is 19.5 Å². The molecule has 0 nitrogen and oxygen atoms in total. The van der Waals surface area contributed by atoms with Crippen molar-refractivity contribution in [1.82, 2.24) is 0 Å². The summed E-state index contributed by atoms with van der Waals surface area (Å²) in [6.07, 6.45) is 0. The number of fused-ring (bicyclic) bond motifs is 1. The van der Waals surface area contributed by atoms with E-state index in [0.717, 1.165) is 5.75 Å². The van der Waals surface area contributed by atoms with Crippen molar-refractivity contribution in [3.8, 4) is 10.4 Å². The Bertz CT molecular complexity index is 1080. The molecule has 9 heteroatoms. The van der Waals surface area contributed by atoms with E-state index in [-0.39, 0.29) is 0 Å². The van der Waals surface area contributed by atoms with Crippen molar-refractivity contribution >= 4 is 52.7 Å². The number of benzene rings is 3. The fourth-order valence-electron chi connectivity index (χ4n) is 2.62. The Morgan fingerprint density at radius 2 is 1.27 bits per heavy atom. The van der Waals surface area contributed by atoms with Crippen LogP contribution in [-0.4, -0.2) is 19.5 Å². The van der Waals surface area contributed by atoms with Gasteiger partial charge >= 0.3 is 36.4 Å². The number of thiol groups is 1. The van der Waals surface area contributed by atoms with E-state index in [1.54, 1.807) is 0 Å². The average molecular weight is 569 g/mol. The predicted molar refractivity (Wildman–Crippen MR) is 117 cm³/mol. The summed E-state index contributed by atoms with van der Waals surface area (Å²) in [4.78, 5) is 2.72. The van der Waals surface area contributed by atoms with Gasteiger partial charge in [-0.2, -0.15) is 0 Å². The average Bonchev–Trinajstić information content (AvgIpc) is 3.09. The van der Waals surface area contributed by atoms with E-state index in [1.807, 2.05) is 11.3 Å². The summed E-state index contributed by atoms with van der Waals surface area (Å²) >= 11 is -8.03. The zero-order valence-electron chi connectivity index (χ0n) is 15.4. The number of rotatable bonds is 4. The van der Waals surface area contributed by atoms with Crippen LogP contribution in [0.4, 0.5) is 16.9 Å². The molecule has 1 aromatic heterocycles. The molecular weight excluding hydrogens is 552 g/mol. The maximum absolute atomic E-state index is 11.2. The van der Waals surface area contributed by atoms with E-state index >= 15 is 0 Å². The summed E-state index contributed by atoms with van der Waals surface area (Å²) in [5.41, 5.74) is 2.70. The van der Waals surface area contributed by atoms with Crippen LogP contribution in [0.3, 0.4) is 0 Å². The van der Waals surface area contributed by atoms with Crippen LogP contribution in [0.1, 0.15) is 5.56 Å². The molecule has 0 fully saturated rings. The normalized spacial score (nSPS) is 13.8. The van der Waals surface area contributed by atoms with Crippen molar-refractivity contribution in [2.75, 3.05) is 0 Å². The monoisotopic (exact) mass is 568 g/mol. The SMILES string of the molecule is [F][Sb-]([F])([F])([F])([F])[F].c1ccc(C[SH+]c2ccc(-c3cc4ccccc4s3)cc2)cc1. The molecule has 1 heterocycles. The van der Waals surface area contributed by atoms with Crippen molar-refractivity contribution in [3.63, 3.8) is 0 Å². The van der Waals surface area contributed by atoms with Gasteiger partial charge in [0, 0.05) is 26.9 Å². The maximum Gasteiger partial charge on any atom is 0.152 e. The molecule has 0 aliphatic rings. The third-order valence-electron chi connectivity index (χ3n) is 3.86. The number of halogens is 6. The van der Waals surface area contributed by atoms with Crippen LogP contribution < -0.4 is 0 Å². The maximum atomic E-state index is 9.93. The van der Waals surface area contributed by atoms with E-state index in [0.29, 0.717) is 0 Å². The molecule has 30 heavy (non-hydrogen) atoms. The summed E-state index contributed by atoms with van der Waals surface area (Å²) in [6, 6.07) is 30.5. The number of hydrogen-bond acceptors (Lipinski definition) is 1. The van der Waals surface area contributed by atoms with Crippen LogP contribution in [0.2, 0.25) is 0 Å². The van der Waals surface area contributed by atoms with Crippen LogP contribution in [0.5, 0.6) is 0 Å². The Labute approximate surface area is 180 Å². The topological polar surface area (TPSA) is 0 Å². The van der Waals surface area contributed by atoms with Crippen LogP contribution >= 0.6 is 11.3 Å². The molecule has 3 aromatic carbocycles. The van der Waals surface area contributed by atoms with E-state index in [4.69, 9.17) is 0 Å². The molecule has 160 valence electrons. The Balaban J connectivity index is 0.000000318. The second kappa shape index (κ2) is 8.13. The standard InChI is InChI=1S/C21H16S2.6FH.Sb/c1-2-6-16(7-3-1)15-22-19-12-10-17(11-13-19)21-14-18-8-4-5-9-20(18)23-21;;;;;;;/h1-14H,15H2;6*1H;/q;;;;;;;+5/p-5. The molecule has 0 N–H and O–H groups in total. The first kappa shape index (κ1) is 23.0. The number of hydrogen-bond donors (Lipinski definition) is 0. The van der Waals surface area contributed by atoms with Gasteiger partial charge in [0.1, 0.15) is 5.75 Å². The summed E-state index contributed by atoms with van der Waals surface area (Å²) < 4.78 is 60.9.